The van der Waals surface area contributed by atoms with Crippen LogP contribution in [0, 0.1) is 0 Å². The number of carbonyl (C=O) groups excluding carboxylic acids is 1. The van der Waals surface area contributed by atoms with Crippen LogP contribution in [-0.4, -0.2) is 5.78 Å². The van der Waals surface area contributed by atoms with E-state index >= 15 is 0 Å². The molecule has 0 aromatic carbocycles. The summed E-state index contributed by atoms with van der Waals surface area (Å²) in [7, 11) is 0. The maximum absolute atomic E-state index is 11.3. The first-order chi connectivity index (χ1) is 6.63. The fourth-order valence-corrected chi connectivity index (χ4v) is 0.993. The van der Waals surface area contributed by atoms with E-state index in [9.17, 15) is 4.79 Å². The van der Waals surface area contributed by atoms with Gasteiger partial charge < -0.3 is 0 Å². The fourth-order valence-electron chi connectivity index (χ4n) is 0.993. The first-order valence-corrected chi connectivity index (χ1v) is 4.83. The van der Waals surface area contributed by atoms with Crippen molar-refractivity contribution in [2.45, 2.75) is 27.2 Å². The minimum Gasteiger partial charge on any atom is -0.294 e. The average molecular weight is 190 g/mol. The highest BCUT2D eigenvalue weighted by atomic mass is 16.1. The van der Waals surface area contributed by atoms with Gasteiger partial charge in [-0.1, -0.05) is 43.9 Å². The third-order valence-corrected chi connectivity index (χ3v) is 1.74. The van der Waals surface area contributed by atoms with Crippen molar-refractivity contribution in [1.82, 2.24) is 0 Å². The highest BCUT2D eigenvalue weighted by molar-refractivity contribution is 5.98. The predicted molar refractivity (Wildman–Crippen MR) is 62.1 cm³/mol. The van der Waals surface area contributed by atoms with E-state index in [1.54, 1.807) is 13.0 Å². The second kappa shape index (κ2) is 7.07. The van der Waals surface area contributed by atoms with Crippen molar-refractivity contribution in [3.63, 3.8) is 0 Å². The van der Waals surface area contributed by atoms with Crippen LogP contribution in [0.2, 0.25) is 0 Å². The predicted octanol–water partition coefficient (Wildman–Crippen LogP) is 3.60. The van der Waals surface area contributed by atoms with E-state index in [0.29, 0.717) is 5.57 Å². The molecule has 0 heterocycles. The van der Waals surface area contributed by atoms with Crippen molar-refractivity contribution in [2.24, 2.45) is 0 Å². The van der Waals surface area contributed by atoms with E-state index in [4.69, 9.17) is 0 Å². The zero-order chi connectivity index (χ0) is 11.0. The Balaban J connectivity index is 4.75. The Bertz CT molecular complexity index is 290. The molecular weight excluding hydrogens is 172 g/mol. The number of Topliss-reactive ketones (excluding diaryl/α,β-unsaturated/α-hetero) is 1. The summed E-state index contributed by atoms with van der Waals surface area (Å²) in [6.45, 7) is 9.38. The van der Waals surface area contributed by atoms with Crippen LogP contribution in [-0.2, 0) is 4.79 Å². The quantitative estimate of drug-likeness (QED) is 0.478. The largest absolute Gasteiger partial charge is 0.294 e. The van der Waals surface area contributed by atoms with E-state index in [-0.39, 0.29) is 5.78 Å². The van der Waals surface area contributed by atoms with Crippen LogP contribution in [0.15, 0.2) is 48.1 Å². The SMILES string of the molecule is C=C(/C=C/CC)/C(=C\C=C/C)C(C)=O. The highest BCUT2D eigenvalue weighted by Gasteiger charge is 2.03. The highest BCUT2D eigenvalue weighted by Crippen LogP contribution is 2.11. The minimum absolute atomic E-state index is 0.0499. The van der Waals surface area contributed by atoms with Crippen LogP contribution >= 0.6 is 0 Å². The Kier molecular flexibility index (Phi) is 6.38. The molecule has 14 heavy (non-hydrogen) atoms. The lowest BCUT2D eigenvalue weighted by molar-refractivity contribution is -0.113. The van der Waals surface area contributed by atoms with Gasteiger partial charge in [-0.2, -0.15) is 0 Å². The standard InChI is InChI=1S/C13H18O/c1-5-7-9-11(3)13(12(4)14)10-8-6-2/h6-10H,3,5H2,1-2,4H3/b8-6-,9-7+,13-10+. The molecule has 0 N–H and O–H groups in total. The molecule has 0 fully saturated rings. The third-order valence-electron chi connectivity index (χ3n) is 1.74. The fraction of sp³-hybridized carbons (Fsp3) is 0.308. The Hall–Kier alpha value is -1.37. The third kappa shape index (κ3) is 4.61. The van der Waals surface area contributed by atoms with Crippen LogP contribution in [0.4, 0.5) is 0 Å². The maximum Gasteiger partial charge on any atom is 0.160 e. The molecule has 76 valence electrons. The second-order valence-electron chi connectivity index (χ2n) is 3.00. The Morgan fingerprint density at radius 1 is 1.43 bits per heavy atom. The van der Waals surface area contributed by atoms with Gasteiger partial charge in [0.15, 0.2) is 5.78 Å². The van der Waals surface area contributed by atoms with Gasteiger partial charge in [0.25, 0.3) is 0 Å². The van der Waals surface area contributed by atoms with Crippen LogP contribution in [0.25, 0.3) is 0 Å². The van der Waals surface area contributed by atoms with Crippen molar-refractivity contribution in [3.05, 3.63) is 48.1 Å². The minimum atomic E-state index is 0.0499. The Morgan fingerprint density at radius 3 is 2.50 bits per heavy atom. The van der Waals surface area contributed by atoms with E-state index in [0.717, 1.165) is 12.0 Å². The lowest BCUT2D eigenvalue weighted by Crippen LogP contribution is -1.97. The molecule has 0 atom stereocenters. The van der Waals surface area contributed by atoms with Gasteiger partial charge in [-0.05, 0) is 25.8 Å². The molecule has 0 aromatic heterocycles. The molecule has 0 unspecified atom stereocenters. The van der Waals surface area contributed by atoms with Crippen LogP contribution in [0.1, 0.15) is 27.2 Å². The molecule has 0 saturated heterocycles. The molecular formula is C13H18O. The summed E-state index contributed by atoms with van der Waals surface area (Å²) in [5.41, 5.74) is 1.45. The summed E-state index contributed by atoms with van der Waals surface area (Å²) < 4.78 is 0. The van der Waals surface area contributed by atoms with Crippen molar-refractivity contribution < 1.29 is 4.79 Å². The first kappa shape index (κ1) is 12.6. The zero-order valence-corrected chi connectivity index (χ0v) is 9.21. The summed E-state index contributed by atoms with van der Waals surface area (Å²) in [5.74, 6) is 0.0499. The average Bonchev–Trinajstić information content (AvgIpc) is 2.14. The van der Waals surface area contributed by atoms with E-state index in [1.807, 2.05) is 38.2 Å². The normalized spacial score (nSPS) is 12.6. The van der Waals surface area contributed by atoms with Crippen molar-refractivity contribution >= 4 is 5.78 Å². The van der Waals surface area contributed by atoms with E-state index in [1.165, 1.54) is 0 Å². The summed E-state index contributed by atoms with van der Waals surface area (Å²) in [4.78, 5) is 11.3. The summed E-state index contributed by atoms with van der Waals surface area (Å²) >= 11 is 0. The van der Waals surface area contributed by atoms with Crippen LogP contribution in [0.5, 0.6) is 0 Å². The second-order valence-corrected chi connectivity index (χ2v) is 3.00. The number of carbonyl (C=O) groups is 1. The molecule has 0 rings (SSSR count). The number of rotatable bonds is 5. The van der Waals surface area contributed by atoms with Gasteiger partial charge in [0, 0.05) is 5.57 Å². The molecule has 0 aliphatic carbocycles. The molecule has 1 nitrogen and oxygen atoms in total. The molecule has 0 amide bonds. The molecule has 0 saturated carbocycles. The molecule has 0 aliphatic rings. The summed E-state index contributed by atoms with van der Waals surface area (Å²) in [6, 6.07) is 0. The molecule has 0 aromatic rings. The molecule has 0 aliphatic heterocycles. The van der Waals surface area contributed by atoms with Gasteiger partial charge >= 0.3 is 0 Å². The monoisotopic (exact) mass is 190 g/mol. The Labute approximate surface area is 86.5 Å². The lowest BCUT2D eigenvalue weighted by atomic mass is 10.0. The van der Waals surface area contributed by atoms with Gasteiger partial charge in [0.05, 0.1) is 0 Å². The van der Waals surface area contributed by atoms with Gasteiger partial charge in [-0.15, -0.1) is 0 Å². The molecule has 1 heteroatoms. The number of hydrogen-bond donors (Lipinski definition) is 0. The van der Waals surface area contributed by atoms with E-state index < -0.39 is 0 Å². The Morgan fingerprint density at radius 2 is 2.07 bits per heavy atom. The van der Waals surface area contributed by atoms with E-state index in [2.05, 4.69) is 6.58 Å². The number of allylic oxidation sites excluding steroid dienone is 7. The van der Waals surface area contributed by atoms with Gasteiger partial charge in [0.2, 0.25) is 0 Å². The smallest absolute Gasteiger partial charge is 0.160 e. The molecule has 0 bridgehead atoms. The number of ketones is 1. The number of hydrogen-bond acceptors (Lipinski definition) is 1. The van der Waals surface area contributed by atoms with Gasteiger partial charge in [-0.3, -0.25) is 4.79 Å². The topological polar surface area (TPSA) is 17.1 Å². The van der Waals surface area contributed by atoms with Crippen molar-refractivity contribution in [3.8, 4) is 0 Å². The first-order valence-electron chi connectivity index (χ1n) is 4.83. The van der Waals surface area contributed by atoms with Crippen LogP contribution < -0.4 is 0 Å². The molecule has 0 radical (unpaired) electrons. The van der Waals surface area contributed by atoms with Gasteiger partial charge in [-0.25, -0.2) is 0 Å². The maximum atomic E-state index is 11.3. The summed E-state index contributed by atoms with van der Waals surface area (Å²) in [6.07, 6.45) is 10.4. The van der Waals surface area contributed by atoms with Crippen molar-refractivity contribution in [1.29, 1.82) is 0 Å². The van der Waals surface area contributed by atoms with Crippen LogP contribution in [0.3, 0.4) is 0 Å². The van der Waals surface area contributed by atoms with Crippen molar-refractivity contribution in [2.75, 3.05) is 0 Å². The lowest BCUT2D eigenvalue weighted by Gasteiger charge is -2.01. The zero-order valence-electron chi connectivity index (χ0n) is 9.21. The summed E-state index contributed by atoms with van der Waals surface area (Å²) in [5, 5.41) is 0. The van der Waals surface area contributed by atoms with Gasteiger partial charge in [0.1, 0.15) is 0 Å². The molecule has 0 spiro atoms.